The van der Waals surface area contributed by atoms with Gasteiger partial charge in [0.15, 0.2) is 0 Å². The van der Waals surface area contributed by atoms with E-state index in [1.54, 1.807) is 0 Å². The maximum absolute atomic E-state index is 10.3. The van der Waals surface area contributed by atoms with Crippen LogP contribution in [-0.4, -0.2) is 22.0 Å². The average Bonchev–Trinajstić information content (AvgIpc) is 2.43. The molecule has 0 atom stereocenters. The Hall–Kier alpha value is -0.610. The van der Waals surface area contributed by atoms with Crippen LogP contribution in [0.2, 0.25) is 0 Å². The number of unbranched alkanes of at least 4 members (excludes halogenated alkanes) is 14. The number of aliphatic carboxylic acids is 1. The van der Waals surface area contributed by atoms with Gasteiger partial charge >= 0.3 is 5.97 Å². The van der Waals surface area contributed by atoms with Crippen molar-refractivity contribution in [2.45, 2.75) is 110 Å². The van der Waals surface area contributed by atoms with Gasteiger partial charge in [0, 0.05) is 6.42 Å². The molecule has 0 aliphatic rings. The Balaban J connectivity index is -0.00000180. The Kier molecular flexibility index (Phi) is 27.1. The molecule has 0 bridgehead atoms. The third-order valence-corrected chi connectivity index (χ3v) is 3.99. The molecular formula is C18H40O4. The molecule has 22 heavy (non-hydrogen) atoms. The molecule has 0 spiro atoms. The number of carboxylic acids is 1. The fraction of sp³-hybridized carbons (Fsp3) is 0.944. The van der Waals surface area contributed by atoms with Gasteiger partial charge in [0.2, 0.25) is 0 Å². The first kappa shape index (κ1) is 26.3. The molecule has 0 amide bonds. The third kappa shape index (κ3) is 24.4. The molecule has 0 fully saturated rings. The van der Waals surface area contributed by atoms with E-state index < -0.39 is 5.97 Å². The fourth-order valence-corrected chi connectivity index (χ4v) is 2.65. The second kappa shape index (κ2) is 22.7. The van der Waals surface area contributed by atoms with Crippen LogP contribution in [0.1, 0.15) is 110 Å². The molecule has 4 nitrogen and oxygen atoms in total. The molecule has 0 radical (unpaired) electrons. The first-order valence-corrected chi connectivity index (χ1v) is 8.99. The van der Waals surface area contributed by atoms with Crippen LogP contribution < -0.4 is 0 Å². The van der Waals surface area contributed by atoms with Crippen LogP contribution in [-0.2, 0) is 4.79 Å². The molecule has 0 aromatic rings. The Bertz CT molecular complexity index is 207. The normalized spacial score (nSPS) is 9.86. The Morgan fingerprint density at radius 3 is 1.14 bits per heavy atom. The second-order valence-electron chi connectivity index (χ2n) is 6.09. The first-order chi connectivity index (χ1) is 9.77. The smallest absolute Gasteiger partial charge is 0.303 e. The quantitative estimate of drug-likeness (QED) is 0.417. The Morgan fingerprint density at radius 1 is 0.591 bits per heavy atom. The molecule has 0 saturated heterocycles. The van der Waals surface area contributed by atoms with Gasteiger partial charge in [-0.15, -0.1) is 0 Å². The van der Waals surface area contributed by atoms with Gasteiger partial charge in [-0.05, 0) is 6.42 Å². The summed E-state index contributed by atoms with van der Waals surface area (Å²) < 4.78 is 0. The lowest BCUT2D eigenvalue weighted by Gasteiger charge is -2.03. The zero-order chi connectivity index (χ0) is 14.9. The van der Waals surface area contributed by atoms with E-state index in [9.17, 15) is 4.79 Å². The average molecular weight is 321 g/mol. The number of rotatable bonds is 16. The van der Waals surface area contributed by atoms with Gasteiger partial charge in [-0.3, -0.25) is 4.79 Å². The summed E-state index contributed by atoms with van der Waals surface area (Å²) in [6.07, 6.45) is 20.2. The van der Waals surface area contributed by atoms with Gasteiger partial charge in [0.25, 0.3) is 0 Å². The molecule has 0 heterocycles. The highest BCUT2D eigenvalue weighted by Gasteiger charge is 1.97. The molecule has 4 heteroatoms. The zero-order valence-electron chi connectivity index (χ0n) is 14.7. The van der Waals surface area contributed by atoms with Crippen LogP contribution in [0.15, 0.2) is 0 Å². The summed E-state index contributed by atoms with van der Waals surface area (Å²) in [6.45, 7) is 2.27. The summed E-state index contributed by atoms with van der Waals surface area (Å²) >= 11 is 0. The zero-order valence-corrected chi connectivity index (χ0v) is 14.7. The molecule has 136 valence electrons. The van der Waals surface area contributed by atoms with Crippen molar-refractivity contribution in [1.29, 1.82) is 0 Å². The van der Waals surface area contributed by atoms with E-state index >= 15 is 0 Å². The van der Waals surface area contributed by atoms with Crippen molar-refractivity contribution in [1.82, 2.24) is 0 Å². The molecule has 0 rings (SSSR count). The topological polar surface area (TPSA) is 100 Å². The van der Waals surface area contributed by atoms with Gasteiger partial charge < -0.3 is 16.1 Å². The molecule has 0 aliphatic carbocycles. The first-order valence-electron chi connectivity index (χ1n) is 8.99. The summed E-state index contributed by atoms with van der Waals surface area (Å²) in [6, 6.07) is 0. The van der Waals surface area contributed by atoms with E-state index in [0.29, 0.717) is 6.42 Å². The molecule has 5 N–H and O–H groups in total. The monoisotopic (exact) mass is 320 g/mol. The van der Waals surface area contributed by atoms with Gasteiger partial charge in [-0.2, -0.15) is 0 Å². The lowest BCUT2D eigenvalue weighted by atomic mass is 10.0. The molecule has 0 aromatic heterocycles. The van der Waals surface area contributed by atoms with Gasteiger partial charge in [-0.25, -0.2) is 0 Å². The maximum atomic E-state index is 10.3. The minimum atomic E-state index is -0.653. The molecule has 0 saturated carbocycles. The van der Waals surface area contributed by atoms with Crippen molar-refractivity contribution >= 4 is 5.97 Å². The summed E-state index contributed by atoms with van der Waals surface area (Å²) in [4.78, 5) is 10.3. The van der Waals surface area contributed by atoms with Crippen molar-refractivity contribution in [2.75, 3.05) is 0 Å². The maximum Gasteiger partial charge on any atom is 0.303 e. The minimum Gasteiger partial charge on any atom is -0.481 e. The standard InChI is InChI=1S/C18H36O2.2H2O/c1-2-3-4-5-6-7-8-9-10-11-12-13-14-15-16-17-18(19)20;;/h2-17H2,1H3,(H,19,20);2*1H2. The molecule has 0 aromatic carbocycles. The number of carboxylic acid groups (broad SMARTS) is 1. The number of hydrogen-bond acceptors (Lipinski definition) is 1. The SMILES string of the molecule is CCCCCCCCCCCCCCCCCC(=O)O.O.O. The molecule has 0 unspecified atom stereocenters. The Morgan fingerprint density at radius 2 is 0.864 bits per heavy atom. The van der Waals surface area contributed by atoms with Crippen LogP contribution in [0.25, 0.3) is 0 Å². The molecule has 0 aliphatic heterocycles. The number of hydrogen-bond donors (Lipinski definition) is 1. The highest BCUT2D eigenvalue weighted by atomic mass is 16.4. The number of carbonyl (C=O) groups is 1. The van der Waals surface area contributed by atoms with Crippen LogP contribution >= 0.6 is 0 Å². The highest BCUT2D eigenvalue weighted by Crippen LogP contribution is 2.13. The van der Waals surface area contributed by atoms with Crippen molar-refractivity contribution in [2.24, 2.45) is 0 Å². The van der Waals surface area contributed by atoms with E-state index in [0.717, 1.165) is 12.8 Å². The molecular weight excluding hydrogens is 280 g/mol. The van der Waals surface area contributed by atoms with E-state index in [1.165, 1.54) is 83.5 Å². The van der Waals surface area contributed by atoms with Crippen molar-refractivity contribution < 1.29 is 20.9 Å². The van der Waals surface area contributed by atoms with E-state index in [-0.39, 0.29) is 11.0 Å². The van der Waals surface area contributed by atoms with Crippen molar-refractivity contribution in [3.05, 3.63) is 0 Å². The van der Waals surface area contributed by atoms with Crippen LogP contribution in [0.4, 0.5) is 0 Å². The minimum absolute atomic E-state index is 0. The predicted molar refractivity (Wildman–Crippen MR) is 94.4 cm³/mol. The lowest BCUT2D eigenvalue weighted by Crippen LogP contribution is -1.93. The lowest BCUT2D eigenvalue weighted by molar-refractivity contribution is -0.137. The van der Waals surface area contributed by atoms with Crippen LogP contribution in [0, 0.1) is 0 Å². The van der Waals surface area contributed by atoms with Crippen molar-refractivity contribution in [3.63, 3.8) is 0 Å². The van der Waals surface area contributed by atoms with E-state index in [1.807, 2.05) is 0 Å². The fourth-order valence-electron chi connectivity index (χ4n) is 2.65. The third-order valence-electron chi connectivity index (χ3n) is 3.99. The van der Waals surface area contributed by atoms with Gasteiger partial charge in [0.1, 0.15) is 0 Å². The van der Waals surface area contributed by atoms with Gasteiger partial charge in [-0.1, -0.05) is 96.8 Å². The van der Waals surface area contributed by atoms with E-state index in [2.05, 4.69) is 6.92 Å². The van der Waals surface area contributed by atoms with E-state index in [4.69, 9.17) is 5.11 Å². The predicted octanol–water partition coefficient (Wildman–Crippen LogP) is 4.68. The summed E-state index contributed by atoms with van der Waals surface area (Å²) in [5.41, 5.74) is 0. The highest BCUT2D eigenvalue weighted by molar-refractivity contribution is 5.66. The van der Waals surface area contributed by atoms with Crippen LogP contribution in [0.5, 0.6) is 0 Å². The largest absolute Gasteiger partial charge is 0.481 e. The Labute approximate surface area is 137 Å². The second-order valence-corrected chi connectivity index (χ2v) is 6.09. The van der Waals surface area contributed by atoms with Gasteiger partial charge in [0.05, 0.1) is 0 Å². The summed E-state index contributed by atoms with van der Waals surface area (Å²) in [5, 5.41) is 8.52. The van der Waals surface area contributed by atoms with Crippen LogP contribution in [0.3, 0.4) is 0 Å². The summed E-state index contributed by atoms with van der Waals surface area (Å²) in [7, 11) is 0. The van der Waals surface area contributed by atoms with Crippen molar-refractivity contribution in [3.8, 4) is 0 Å². The summed E-state index contributed by atoms with van der Waals surface area (Å²) in [5.74, 6) is -0.653.